The van der Waals surface area contributed by atoms with E-state index in [2.05, 4.69) is 9.55 Å². The third-order valence-electron chi connectivity index (χ3n) is 2.67. The van der Waals surface area contributed by atoms with Crippen molar-refractivity contribution in [2.45, 2.75) is 32.4 Å². The van der Waals surface area contributed by atoms with E-state index in [1.54, 1.807) is 0 Å². The molecule has 0 spiro atoms. The summed E-state index contributed by atoms with van der Waals surface area (Å²) in [4.78, 5) is 4.48. The summed E-state index contributed by atoms with van der Waals surface area (Å²) < 4.78 is 7.65. The molecule has 0 N–H and O–H groups in total. The van der Waals surface area contributed by atoms with Crippen molar-refractivity contribution in [1.82, 2.24) is 9.55 Å². The molecular formula is C13H16Cl2N2O. The second kappa shape index (κ2) is 5.91. The molecule has 1 aromatic carbocycles. The topological polar surface area (TPSA) is 27.1 Å². The third kappa shape index (κ3) is 2.97. The van der Waals surface area contributed by atoms with Gasteiger partial charge >= 0.3 is 0 Å². The molecule has 1 aromatic heterocycles. The SMILES string of the molecule is CC(C)OCCn1c(CCl)nc2cc(Cl)ccc21. The lowest BCUT2D eigenvalue weighted by molar-refractivity contribution is 0.0729. The van der Waals surface area contributed by atoms with Crippen molar-refractivity contribution in [3.05, 3.63) is 29.0 Å². The maximum atomic E-state index is 5.96. The normalized spacial score (nSPS) is 11.6. The van der Waals surface area contributed by atoms with Crippen LogP contribution in [0.25, 0.3) is 11.0 Å². The van der Waals surface area contributed by atoms with Gasteiger partial charge in [0.25, 0.3) is 0 Å². The van der Waals surface area contributed by atoms with Gasteiger partial charge in [0.15, 0.2) is 0 Å². The second-order valence-corrected chi connectivity index (χ2v) is 5.07. The highest BCUT2D eigenvalue weighted by Crippen LogP contribution is 2.21. The molecule has 3 nitrogen and oxygen atoms in total. The number of halogens is 2. The third-order valence-corrected chi connectivity index (χ3v) is 3.15. The van der Waals surface area contributed by atoms with Crippen molar-refractivity contribution >= 4 is 34.2 Å². The van der Waals surface area contributed by atoms with Gasteiger partial charge in [0.1, 0.15) is 5.82 Å². The number of benzene rings is 1. The first-order valence-electron chi connectivity index (χ1n) is 5.94. The van der Waals surface area contributed by atoms with E-state index in [9.17, 15) is 0 Å². The molecule has 0 atom stereocenters. The number of rotatable bonds is 5. The molecule has 0 aliphatic carbocycles. The van der Waals surface area contributed by atoms with Crippen molar-refractivity contribution < 1.29 is 4.74 Å². The van der Waals surface area contributed by atoms with Crippen molar-refractivity contribution in [2.75, 3.05) is 6.61 Å². The minimum Gasteiger partial charge on any atom is -0.377 e. The fraction of sp³-hybridized carbons (Fsp3) is 0.462. The van der Waals surface area contributed by atoms with E-state index < -0.39 is 0 Å². The van der Waals surface area contributed by atoms with Gasteiger partial charge in [-0.15, -0.1) is 11.6 Å². The number of hydrogen-bond acceptors (Lipinski definition) is 2. The van der Waals surface area contributed by atoms with Crippen LogP contribution in [0.3, 0.4) is 0 Å². The largest absolute Gasteiger partial charge is 0.377 e. The van der Waals surface area contributed by atoms with Gasteiger partial charge in [-0.05, 0) is 32.0 Å². The zero-order valence-electron chi connectivity index (χ0n) is 10.5. The number of imidazole rings is 1. The lowest BCUT2D eigenvalue weighted by Gasteiger charge is -2.10. The van der Waals surface area contributed by atoms with Crippen LogP contribution in [-0.2, 0) is 17.2 Å². The van der Waals surface area contributed by atoms with E-state index in [1.807, 2.05) is 32.0 Å². The zero-order chi connectivity index (χ0) is 13.1. The summed E-state index contributed by atoms with van der Waals surface area (Å²) in [5.41, 5.74) is 1.92. The van der Waals surface area contributed by atoms with Gasteiger partial charge in [-0.25, -0.2) is 4.98 Å². The summed E-state index contributed by atoms with van der Waals surface area (Å²) in [5, 5.41) is 0.687. The van der Waals surface area contributed by atoms with Gasteiger partial charge in [-0.2, -0.15) is 0 Å². The monoisotopic (exact) mass is 286 g/mol. The van der Waals surface area contributed by atoms with Crippen LogP contribution >= 0.6 is 23.2 Å². The van der Waals surface area contributed by atoms with Crippen molar-refractivity contribution in [2.24, 2.45) is 0 Å². The first-order chi connectivity index (χ1) is 8.61. The Morgan fingerprint density at radius 2 is 2.17 bits per heavy atom. The Labute approximate surface area is 117 Å². The summed E-state index contributed by atoms with van der Waals surface area (Å²) in [6.07, 6.45) is 0.230. The van der Waals surface area contributed by atoms with E-state index >= 15 is 0 Å². The maximum Gasteiger partial charge on any atom is 0.124 e. The van der Waals surface area contributed by atoms with E-state index in [0.717, 1.165) is 23.4 Å². The molecule has 0 fully saturated rings. The molecule has 0 bridgehead atoms. The first-order valence-corrected chi connectivity index (χ1v) is 6.85. The molecule has 0 saturated heterocycles. The fourth-order valence-corrected chi connectivity index (χ4v) is 2.25. The van der Waals surface area contributed by atoms with Gasteiger partial charge in [-0.3, -0.25) is 0 Å². The quantitative estimate of drug-likeness (QED) is 0.781. The minimum atomic E-state index is 0.230. The number of nitrogens with zero attached hydrogens (tertiary/aromatic N) is 2. The second-order valence-electron chi connectivity index (χ2n) is 4.37. The molecule has 0 radical (unpaired) electrons. The number of fused-ring (bicyclic) bond motifs is 1. The van der Waals surface area contributed by atoms with Crippen LogP contribution in [0.2, 0.25) is 5.02 Å². The highest BCUT2D eigenvalue weighted by Gasteiger charge is 2.10. The maximum absolute atomic E-state index is 5.96. The lowest BCUT2D eigenvalue weighted by Crippen LogP contribution is -2.12. The number of alkyl halides is 1. The predicted octanol–water partition coefficient (Wildman–Crippen LogP) is 3.85. The molecule has 1 heterocycles. The van der Waals surface area contributed by atoms with Crippen molar-refractivity contribution in [1.29, 1.82) is 0 Å². The van der Waals surface area contributed by atoms with Crippen LogP contribution in [-0.4, -0.2) is 22.3 Å². The number of ether oxygens (including phenoxy) is 1. The first kappa shape index (κ1) is 13.7. The van der Waals surface area contributed by atoms with Crippen LogP contribution in [0.1, 0.15) is 19.7 Å². The average molecular weight is 287 g/mol. The van der Waals surface area contributed by atoms with Crippen LogP contribution in [0, 0.1) is 0 Å². The van der Waals surface area contributed by atoms with E-state index in [1.165, 1.54) is 0 Å². The molecule has 0 unspecified atom stereocenters. The molecule has 0 aliphatic rings. The molecule has 0 amide bonds. The van der Waals surface area contributed by atoms with Gasteiger partial charge < -0.3 is 9.30 Å². The van der Waals surface area contributed by atoms with Gasteiger partial charge in [-0.1, -0.05) is 11.6 Å². The minimum absolute atomic E-state index is 0.230. The van der Waals surface area contributed by atoms with Gasteiger partial charge in [0.2, 0.25) is 0 Å². The van der Waals surface area contributed by atoms with Crippen molar-refractivity contribution in [3.8, 4) is 0 Å². The van der Waals surface area contributed by atoms with Gasteiger partial charge in [0.05, 0.1) is 29.6 Å². The summed E-state index contributed by atoms with van der Waals surface area (Å²) >= 11 is 11.9. The number of aromatic nitrogens is 2. The van der Waals surface area contributed by atoms with Crippen LogP contribution in [0.4, 0.5) is 0 Å². The highest BCUT2D eigenvalue weighted by molar-refractivity contribution is 6.31. The molecule has 5 heteroatoms. The number of hydrogen-bond donors (Lipinski definition) is 0. The fourth-order valence-electron chi connectivity index (χ4n) is 1.88. The van der Waals surface area contributed by atoms with Gasteiger partial charge in [0, 0.05) is 11.6 Å². The summed E-state index contributed by atoms with van der Waals surface area (Å²) in [6.45, 7) is 5.44. The molecule has 0 aliphatic heterocycles. The van der Waals surface area contributed by atoms with Crippen molar-refractivity contribution in [3.63, 3.8) is 0 Å². The Kier molecular flexibility index (Phi) is 4.49. The Bertz CT molecular complexity index is 537. The smallest absolute Gasteiger partial charge is 0.124 e. The Hall–Kier alpha value is -0.770. The standard InChI is InChI=1S/C13H16Cl2N2O/c1-9(2)18-6-5-17-12-4-3-10(15)7-11(12)16-13(17)8-14/h3-4,7,9H,5-6,8H2,1-2H3. The van der Waals surface area contributed by atoms with E-state index in [0.29, 0.717) is 17.5 Å². The molecule has 18 heavy (non-hydrogen) atoms. The zero-order valence-corrected chi connectivity index (χ0v) is 12.0. The van der Waals surface area contributed by atoms with Crippen LogP contribution < -0.4 is 0 Å². The average Bonchev–Trinajstić information content (AvgIpc) is 2.66. The molecule has 2 aromatic rings. The Balaban J connectivity index is 2.29. The van der Waals surface area contributed by atoms with E-state index in [-0.39, 0.29) is 6.10 Å². The summed E-state index contributed by atoms with van der Waals surface area (Å²) in [5.74, 6) is 1.23. The summed E-state index contributed by atoms with van der Waals surface area (Å²) in [7, 11) is 0. The molecule has 0 saturated carbocycles. The summed E-state index contributed by atoms with van der Waals surface area (Å²) in [6, 6.07) is 5.69. The van der Waals surface area contributed by atoms with Crippen LogP contribution in [0.15, 0.2) is 18.2 Å². The molecule has 2 rings (SSSR count). The van der Waals surface area contributed by atoms with Crippen LogP contribution in [0.5, 0.6) is 0 Å². The highest BCUT2D eigenvalue weighted by atomic mass is 35.5. The Morgan fingerprint density at radius 1 is 1.39 bits per heavy atom. The molecule has 98 valence electrons. The predicted molar refractivity (Wildman–Crippen MR) is 75.4 cm³/mol. The Morgan fingerprint density at radius 3 is 2.83 bits per heavy atom. The lowest BCUT2D eigenvalue weighted by atomic mass is 10.3. The van der Waals surface area contributed by atoms with E-state index in [4.69, 9.17) is 27.9 Å². The molecular weight excluding hydrogens is 271 g/mol.